The topological polar surface area (TPSA) is 71.5 Å². The summed E-state index contributed by atoms with van der Waals surface area (Å²) in [6.07, 6.45) is 1.80. The number of hydrogen-bond donors (Lipinski definition) is 1. The lowest BCUT2D eigenvalue weighted by atomic mass is 9.90. The predicted molar refractivity (Wildman–Crippen MR) is 82.3 cm³/mol. The molecule has 0 aliphatic carbocycles. The number of amides is 2. The number of thiazole rings is 1. The van der Waals surface area contributed by atoms with Crippen molar-refractivity contribution in [2.24, 2.45) is 0 Å². The zero-order valence-electron chi connectivity index (χ0n) is 11.6. The lowest BCUT2D eigenvalue weighted by Crippen LogP contribution is -2.26. The fourth-order valence-corrected chi connectivity index (χ4v) is 3.63. The van der Waals surface area contributed by atoms with E-state index in [9.17, 15) is 9.59 Å². The molecule has 4 rings (SSSR count). The number of anilines is 2. The van der Waals surface area contributed by atoms with E-state index >= 15 is 0 Å². The lowest BCUT2D eigenvalue weighted by molar-refractivity contribution is -0.116. The summed E-state index contributed by atoms with van der Waals surface area (Å²) >= 11 is 1.55. The first kappa shape index (κ1) is 13.3. The quantitative estimate of drug-likeness (QED) is 0.924. The minimum Gasteiger partial charge on any atom is -0.447 e. The highest BCUT2D eigenvalue weighted by Crippen LogP contribution is 2.39. The second-order valence-corrected chi connectivity index (χ2v) is 6.14. The molecule has 2 aromatic rings. The van der Waals surface area contributed by atoms with Crippen molar-refractivity contribution in [3.05, 3.63) is 40.3 Å². The maximum absolute atomic E-state index is 12.0. The van der Waals surface area contributed by atoms with Gasteiger partial charge in [-0.25, -0.2) is 9.78 Å². The van der Waals surface area contributed by atoms with Crippen molar-refractivity contribution in [1.82, 2.24) is 4.98 Å². The van der Waals surface area contributed by atoms with Gasteiger partial charge < -0.3 is 10.1 Å². The summed E-state index contributed by atoms with van der Waals surface area (Å²) in [6.45, 7) is 0.922. The molecule has 1 atom stereocenters. The third kappa shape index (κ3) is 2.14. The van der Waals surface area contributed by atoms with E-state index in [-0.39, 0.29) is 17.9 Å². The molecule has 112 valence electrons. The van der Waals surface area contributed by atoms with E-state index < -0.39 is 0 Å². The number of cyclic esters (lactones) is 1. The molecule has 2 aliphatic heterocycles. The van der Waals surface area contributed by atoms with Gasteiger partial charge in [0.15, 0.2) is 0 Å². The zero-order valence-corrected chi connectivity index (χ0v) is 12.4. The van der Waals surface area contributed by atoms with E-state index in [4.69, 9.17) is 4.74 Å². The Balaban J connectivity index is 1.74. The van der Waals surface area contributed by atoms with Gasteiger partial charge in [0.1, 0.15) is 11.6 Å². The molecule has 6 nitrogen and oxygen atoms in total. The van der Waals surface area contributed by atoms with Crippen molar-refractivity contribution >= 4 is 34.7 Å². The molecule has 1 N–H and O–H groups in total. The van der Waals surface area contributed by atoms with E-state index in [1.54, 1.807) is 22.4 Å². The molecule has 7 heteroatoms. The van der Waals surface area contributed by atoms with Gasteiger partial charge in [-0.2, -0.15) is 0 Å². The van der Waals surface area contributed by atoms with Gasteiger partial charge in [-0.1, -0.05) is 6.07 Å². The molecule has 3 heterocycles. The second kappa shape index (κ2) is 5.10. The minimum absolute atomic E-state index is 0.0247. The van der Waals surface area contributed by atoms with Crippen molar-refractivity contribution in [3.63, 3.8) is 0 Å². The number of fused-ring (bicyclic) bond motifs is 1. The molecule has 2 amide bonds. The lowest BCUT2D eigenvalue weighted by Gasteiger charge is -2.25. The van der Waals surface area contributed by atoms with Gasteiger partial charge in [0.2, 0.25) is 5.91 Å². The van der Waals surface area contributed by atoms with Crippen molar-refractivity contribution in [2.45, 2.75) is 12.3 Å². The van der Waals surface area contributed by atoms with Crippen LogP contribution in [0, 0.1) is 0 Å². The highest BCUT2D eigenvalue weighted by Gasteiger charge is 2.30. The normalized spacial score (nSPS) is 20.5. The third-order valence-electron chi connectivity index (χ3n) is 3.90. The van der Waals surface area contributed by atoms with Gasteiger partial charge in [-0.15, -0.1) is 11.3 Å². The van der Waals surface area contributed by atoms with Crippen LogP contribution in [-0.4, -0.2) is 30.1 Å². The summed E-state index contributed by atoms with van der Waals surface area (Å²) in [5, 5.41) is 5.74. The Kier molecular flexibility index (Phi) is 3.07. The Morgan fingerprint density at radius 1 is 1.36 bits per heavy atom. The van der Waals surface area contributed by atoms with Crippen LogP contribution in [0.5, 0.6) is 0 Å². The third-order valence-corrected chi connectivity index (χ3v) is 4.79. The average Bonchev–Trinajstić information content (AvgIpc) is 3.17. The standard InChI is InChI=1S/C15H13N3O3S/c19-13-8-11(14-16-3-6-22-14)10-2-1-9(7-12(10)17-13)18-4-5-21-15(18)20/h1-3,6-7,11H,4-5,8H2,(H,17,19)/t11-/m0/s1. The maximum atomic E-state index is 12.0. The average molecular weight is 315 g/mol. The fourth-order valence-electron chi connectivity index (χ4n) is 2.88. The van der Waals surface area contributed by atoms with Gasteiger partial charge in [-0.3, -0.25) is 9.69 Å². The first-order valence-corrected chi connectivity index (χ1v) is 7.88. The molecule has 1 aromatic carbocycles. The highest BCUT2D eigenvalue weighted by molar-refractivity contribution is 7.09. The monoisotopic (exact) mass is 315 g/mol. The number of carbonyl (C=O) groups excluding carboxylic acids is 2. The van der Waals surface area contributed by atoms with Crippen molar-refractivity contribution < 1.29 is 14.3 Å². The summed E-state index contributed by atoms with van der Waals surface area (Å²) in [5.74, 6) is -0.0582. The van der Waals surface area contributed by atoms with E-state index in [1.165, 1.54) is 0 Å². The van der Waals surface area contributed by atoms with Crippen molar-refractivity contribution in [3.8, 4) is 0 Å². The first-order chi connectivity index (χ1) is 10.7. The SMILES string of the molecule is O=C1C[C@H](c2nccs2)c2ccc(N3CCOC3=O)cc2N1. The molecule has 2 aliphatic rings. The molecule has 0 saturated carbocycles. The van der Waals surface area contributed by atoms with Gasteiger partial charge in [-0.05, 0) is 17.7 Å². The van der Waals surface area contributed by atoms with Crippen LogP contribution in [0.2, 0.25) is 0 Å². The van der Waals surface area contributed by atoms with Gasteiger partial charge in [0.25, 0.3) is 0 Å². The molecule has 0 spiro atoms. The molecule has 1 aromatic heterocycles. The molecular weight excluding hydrogens is 302 g/mol. The molecule has 0 radical (unpaired) electrons. The van der Waals surface area contributed by atoms with Crippen molar-refractivity contribution in [1.29, 1.82) is 0 Å². The summed E-state index contributed by atoms with van der Waals surface area (Å²) in [6, 6.07) is 5.69. The molecular formula is C15H13N3O3S. The number of carbonyl (C=O) groups is 2. The second-order valence-electron chi connectivity index (χ2n) is 5.21. The minimum atomic E-state index is -0.349. The van der Waals surface area contributed by atoms with Crippen LogP contribution in [0.3, 0.4) is 0 Å². The maximum Gasteiger partial charge on any atom is 0.414 e. The van der Waals surface area contributed by atoms with Gasteiger partial charge in [0, 0.05) is 35.3 Å². The Hall–Kier alpha value is -2.41. The smallest absolute Gasteiger partial charge is 0.414 e. The van der Waals surface area contributed by atoms with E-state index in [2.05, 4.69) is 10.3 Å². The molecule has 22 heavy (non-hydrogen) atoms. The van der Waals surface area contributed by atoms with Crippen LogP contribution in [0.4, 0.5) is 16.2 Å². The number of benzene rings is 1. The van der Waals surface area contributed by atoms with Gasteiger partial charge in [0.05, 0.1) is 6.54 Å². The molecule has 0 unspecified atom stereocenters. The summed E-state index contributed by atoms with van der Waals surface area (Å²) < 4.78 is 4.96. The molecule has 1 fully saturated rings. The van der Waals surface area contributed by atoms with E-state index in [0.717, 1.165) is 21.9 Å². The Bertz CT molecular complexity index is 744. The Labute approximate surface area is 130 Å². The Morgan fingerprint density at radius 2 is 2.27 bits per heavy atom. The highest BCUT2D eigenvalue weighted by atomic mass is 32.1. The van der Waals surface area contributed by atoms with Crippen LogP contribution in [-0.2, 0) is 9.53 Å². The predicted octanol–water partition coefficient (Wildman–Crippen LogP) is 2.57. The number of hydrogen-bond acceptors (Lipinski definition) is 5. The summed E-state index contributed by atoms with van der Waals surface area (Å²) in [5.41, 5.74) is 2.51. The van der Waals surface area contributed by atoms with Gasteiger partial charge >= 0.3 is 6.09 Å². The van der Waals surface area contributed by atoms with Crippen molar-refractivity contribution in [2.75, 3.05) is 23.4 Å². The zero-order chi connectivity index (χ0) is 15.1. The Morgan fingerprint density at radius 3 is 3.00 bits per heavy atom. The molecule has 0 bridgehead atoms. The summed E-state index contributed by atoms with van der Waals surface area (Å²) in [4.78, 5) is 29.6. The number of nitrogens with zero attached hydrogens (tertiary/aromatic N) is 2. The van der Waals surface area contributed by atoms with Crippen LogP contribution < -0.4 is 10.2 Å². The largest absolute Gasteiger partial charge is 0.447 e. The fraction of sp³-hybridized carbons (Fsp3) is 0.267. The van der Waals surface area contributed by atoms with Crippen LogP contribution in [0.25, 0.3) is 0 Å². The number of ether oxygens (including phenoxy) is 1. The van der Waals surface area contributed by atoms with Crippen LogP contribution in [0.15, 0.2) is 29.8 Å². The first-order valence-electron chi connectivity index (χ1n) is 7.00. The van der Waals surface area contributed by atoms with Crippen LogP contribution in [0.1, 0.15) is 22.9 Å². The van der Waals surface area contributed by atoms with E-state index in [0.29, 0.717) is 19.6 Å². The van der Waals surface area contributed by atoms with E-state index in [1.807, 2.05) is 23.6 Å². The number of rotatable bonds is 2. The van der Waals surface area contributed by atoms with Crippen LogP contribution >= 0.6 is 11.3 Å². The number of aromatic nitrogens is 1. The number of nitrogens with one attached hydrogen (secondary N) is 1. The molecule has 1 saturated heterocycles. The summed E-state index contributed by atoms with van der Waals surface area (Å²) in [7, 11) is 0.